The highest BCUT2D eigenvalue weighted by atomic mass is 16.7. The molecule has 88 valence electrons. The minimum atomic E-state index is 0.340. The Balaban J connectivity index is 2.32. The predicted octanol–water partition coefficient (Wildman–Crippen LogP) is 2.67. The van der Waals surface area contributed by atoms with Crippen molar-refractivity contribution in [1.29, 1.82) is 0 Å². The van der Waals surface area contributed by atoms with Crippen molar-refractivity contribution in [2.75, 3.05) is 20.9 Å². The maximum Gasteiger partial charge on any atom is 0.231 e. The summed E-state index contributed by atoms with van der Waals surface area (Å²) in [5.41, 5.74) is 1.28. The molecular formula is C13H19NO2. The highest BCUT2D eigenvalue weighted by molar-refractivity contribution is 5.45. The molecule has 1 aromatic carbocycles. The van der Waals surface area contributed by atoms with Crippen LogP contribution in [0.5, 0.6) is 11.5 Å². The molecule has 3 nitrogen and oxygen atoms in total. The van der Waals surface area contributed by atoms with E-state index in [1.165, 1.54) is 5.56 Å². The molecule has 0 aromatic heterocycles. The van der Waals surface area contributed by atoms with Gasteiger partial charge in [-0.05, 0) is 37.7 Å². The average Bonchev–Trinajstić information content (AvgIpc) is 2.63. The SMILES string of the molecule is CC(C)C(c1ccc2c(c1)OCO2)N(C)C. The van der Waals surface area contributed by atoms with Gasteiger partial charge in [0.05, 0.1) is 0 Å². The van der Waals surface area contributed by atoms with Crippen molar-refractivity contribution in [1.82, 2.24) is 4.90 Å². The Morgan fingerprint density at radius 3 is 2.44 bits per heavy atom. The third kappa shape index (κ3) is 2.00. The molecule has 1 aromatic rings. The Labute approximate surface area is 97.0 Å². The van der Waals surface area contributed by atoms with Crippen LogP contribution in [0.4, 0.5) is 0 Å². The summed E-state index contributed by atoms with van der Waals surface area (Å²) in [4.78, 5) is 2.24. The van der Waals surface area contributed by atoms with E-state index in [-0.39, 0.29) is 0 Å². The van der Waals surface area contributed by atoms with Gasteiger partial charge in [0.25, 0.3) is 0 Å². The molecule has 0 N–H and O–H groups in total. The van der Waals surface area contributed by atoms with Crippen molar-refractivity contribution in [3.63, 3.8) is 0 Å². The summed E-state index contributed by atoms with van der Waals surface area (Å²) < 4.78 is 10.7. The second kappa shape index (κ2) is 4.34. The number of nitrogens with zero attached hydrogens (tertiary/aromatic N) is 1. The average molecular weight is 221 g/mol. The second-order valence-corrected chi connectivity index (χ2v) is 4.77. The number of fused-ring (bicyclic) bond motifs is 1. The lowest BCUT2D eigenvalue weighted by Crippen LogP contribution is -2.24. The Morgan fingerprint density at radius 2 is 1.81 bits per heavy atom. The Bertz CT molecular complexity index is 366. The summed E-state index contributed by atoms with van der Waals surface area (Å²) in [6.45, 7) is 4.80. The quantitative estimate of drug-likeness (QED) is 0.783. The molecule has 0 saturated heterocycles. The molecule has 0 bridgehead atoms. The number of rotatable bonds is 3. The van der Waals surface area contributed by atoms with Crippen LogP contribution in [0.3, 0.4) is 0 Å². The minimum Gasteiger partial charge on any atom is -0.454 e. The van der Waals surface area contributed by atoms with Gasteiger partial charge in [0, 0.05) is 6.04 Å². The van der Waals surface area contributed by atoms with Gasteiger partial charge in [-0.1, -0.05) is 19.9 Å². The lowest BCUT2D eigenvalue weighted by atomic mass is 9.95. The van der Waals surface area contributed by atoms with Gasteiger partial charge in [-0.25, -0.2) is 0 Å². The van der Waals surface area contributed by atoms with E-state index in [4.69, 9.17) is 9.47 Å². The van der Waals surface area contributed by atoms with Crippen molar-refractivity contribution in [3.05, 3.63) is 23.8 Å². The number of benzene rings is 1. The zero-order valence-electron chi connectivity index (χ0n) is 10.4. The number of hydrogen-bond donors (Lipinski definition) is 0. The van der Waals surface area contributed by atoms with Gasteiger partial charge in [-0.15, -0.1) is 0 Å². The van der Waals surface area contributed by atoms with E-state index in [1.54, 1.807) is 0 Å². The largest absolute Gasteiger partial charge is 0.454 e. The molecular weight excluding hydrogens is 202 g/mol. The molecule has 0 radical (unpaired) electrons. The molecule has 1 aliphatic rings. The predicted molar refractivity (Wildman–Crippen MR) is 63.8 cm³/mol. The normalized spacial score (nSPS) is 15.9. The van der Waals surface area contributed by atoms with Gasteiger partial charge in [-0.3, -0.25) is 0 Å². The molecule has 1 heterocycles. The fourth-order valence-corrected chi connectivity index (χ4v) is 2.38. The van der Waals surface area contributed by atoms with Gasteiger partial charge in [0.2, 0.25) is 6.79 Å². The zero-order valence-corrected chi connectivity index (χ0v) is 10.4. The van der Waals surface area contributed by atoms with Crippen LogP contribution in [0.25, 0.3) is 0 Å². The molecule has 1 atom stereocenters. The van der Waals surface area contributed by atoms with Crippen LogP contribution in [0.2, 0.25) is 0 Å². The first-order valence-electron chi connectivity index (χ1n) is 5.65. The molecule has 16 heavy (non-hydrogen) atoms. The van der Waals surface area contributed by atoms with Gasteiger partial charge in [0.15, 0.2) is 11.5 Å². The van der Waals surface area contributed by atoms with Gasteiger partial charge in [0.1, 0.15) is 0 Å². The van der Waals surface area contributed by atoms with E-state index < -0.39 is 0 Å². The van der Waals surface area contributed by atoms with Crippen LogP contribution in [0.1, 0.15) is 25.5 Å². The van der Waals surface area contributed by atoms with Gasteiger partial charge in [-0.2, -0.15) is 0 Å². The highest BCUT2D eigenvalue weighted by Gasteiger charge is 2.21. The first-order chi connectivity index (χ1) is 7.59. The molecule has 3 heteroatoms. The van der Waals surface area contributed by atoms with Crippen LogP contribution < -0.4 is 9.47 Å². The van der Waals surface area contributed by atoms with E-state index in [9.17, 15) is 0 Å². The molecule has 2 rings (SSSR count). The second-order valence-electron chi connectivity index (χ2n) is 4.77. The number of hydrogen-bond acceptors (Lipinski definition) is 3. The minimum absolute atomic E-state index is 0.340. The van der Waals surface area contributed by atoms with E-state index >= 15 is 0 Å². The summed E-state index contributed by atoms with van der Waals surface area (Å²) in [6, 6.07) is 6.62. The summed E-state index contributed by atoms with van der Waals surface area (Å²) >= 11 is 0. The fraction of sp³-hybridized carbons (Fsp3) is 0.538. The van der Waals surface area contributed by atoms with Crippen LogP contribution in [-0.2, 0) is 0 Å². The lowest BCUT2D eigenvalue weighted by Gasteiger charge is -2.28. The monoisotopic (exact) mass is 221 g/mol. The molecule has 0 spiro atoms. The topological polar surface area (TPSA) is 21.7 Å². The molecule has 1 unspecified atom stereocenters. The van der Waals surface area contributed by atoms with Gasteiger partial charge >= 0.3 is 0 Å². The Morgan fingerprint density at radius 1 is 1.12 bits per heavy atom. The van der Waals surface area contributed by atoms with Gasteiger partial charge < -0.3 is 14.4 Å². The smallest absolute Gasteiger partial charge is 0.231 e. The molecule has 0 aliphatic carbocycles. The van der Waals surface area contributed by atoms with Crippen LogP contribution in [0.15, 0.2) is 18.2 Å². The van der Waals surface area contributed by atoms with E-state index in [0.717, 1.165) is 11.5 Å². The maximum atomic E-state index is 5.41. The molecule has 0 saturated carbocycles. The fourth-order valence-electron chi connectivity index (χ4n) is 2.38. The van der Waals surface area contributed by atoms with Crippen molar-refractivity contribution >= 4 is 0 Å². The van der Waals surface area contributed by atoms with Crippen molar-refractivity contribution in [3.8, 4) is 11.5 Å². The maximum absolute atomic E-state index is 5.41. The summed E-state index contributed by atoms with van der Waals surface area (Å²) in [5.74, 6) is 2.28. The van der Waals surface area contributed by atoms with Crippen LogP contribution in [-0.4, -0.2) is 25.8 Å². The highest BCUT2D eigenvalue weighted by Crippen LogP contribution is 2.36. The summed E-state index contributed by atoms with van der Waals surface area (Å²) in [7, 11) is 4.21. The lowest BCUT2D eigenvalue weighted by molar-refractivity contribution is 0.173. The van der Waals surface area contributed by atoms with Crippen LogP contribution >= 0.6 is 0 Å². The zero-order chi connectivity index (χ0) is 11.7. The summed E-state index contributed by atoms with van der Waals surface area (Å²) in [5, 5.41) is 0. The molecule has 1 aliphatic heterocycles. The molecule has 0 amide bonds. The molecule has 0 fully saturated rings. The van der Waals surface area contributed by atoms with E-state index in [1.807, 2.05) is 6.07 Å². The van der Waals surface area contributed by atoms with Crippen LogP contribution in [0, 0.1) is 5.92 Å². The van der Waals surface area contributed by atoms with E-state index in [0.29, 0.717) is 18.8 Å². The Kier molecular flexibility index (Phi) is 3.06. The van der Waals surface area contributed by atoms with E-state index in [2.05, 4.69) is 45.0 Å². The van der Waals surface area contributed by atoms with Crippen molar-refractivity contribution < 1.29 is 9.47 Å². The Hall–Kier alpha value is -1.22. The third-order valence-corrected chi connectivity index (χ3v) is 2.93. The summed E-state index contributed by atoms with van der Waals surface area (Å²) in [6.07, 6.45) is 0. The van der Waals surface area contributed by atoms with Crippen molar-refractivity contribution in [2.24, 2.45) is 5.92 Å². The van der Waals surface area contributed by atoms with Crippen molar-refractivity contribution in [2.45, 2.75) is 19.9 Å². The third-order valence-electron chi connectivity index (χ3n) is 2.93. The number of ether oxygens (including phenoxy) is 2. The standard InChI is InChI=1S/C13H19NO2/c1-9(2)13(14(3)4)10-5-6-11-12(7-10)16-8-15-11/h5-7,9,13H,8H2,1-4H3. The first-order valence-corrected chi connectivity index (χ1v) is 5.65. The first kappa shape index (κ1) is 11.3.